The Morgan fingerprint density at radius 1 is 1.21 bits per heavy atom. The van der Waals surface area contributed by atoms with Crippen LogP contribution in [-0.4, -0.2) is 13.1 Å². The van der Waals surface area contributed by atoms with Crippen LogP contribution in [0.4, 0.5) is 0 Å². The topological polar surface area (TPSA) is 59.3 Å². The van der Waals surface area contributed by atoms with Crippen LogP contribution < -0.4 is 9.47 Å². The summed E-state index contributed by atoms with van der Waals surface area (Å²) in [6, 6.07) is 9.56. The number of carbonyl (C=O) groups is 1. The predicted molar refractivity (Wildman–Crippen MR) is 92.8 cm³/mol. The lowest BCUT2D eigenvalue weighted by atomic mass is 9.69. The molecule has 0 bridgehead atoms. The van der Waals surface area contributed by atoms with Gasteiger partial charge >= 0.3 is 5.97 Å². The fourth-order valence-electron chi connectivity index (χ4n) is 3.38. The first-order valence-electron chi connectivity index (χ1n) is 8.89. The zero-order valence-corrected chi connectivity index (χ0v) is 14.7. The van der Waals surface area contributed by atoms with E-state index in [0.717, 1.165) is 44.3 Å². The lowest BCUT2D eigenvalue weighted by molar-refractivity contribution is -0.140. The quantitative estimate of drug-likeness (QED) is 0.406. The number of hydrogen-bond donors (Lipinski definition) is 0. The number of methoxy groups -OCH3 is 1. The van der Waals surface area contributed by atoms with E-state index in [1.165, 1.54) is 12.8 Å². The molecule has 0 aromatic heterocycles. The summed E-state index contributed by atoms with van der Waals surface area (Å²) in [5, 5.41) is 9.57. The normalized spacial score (nSPS) is 23.3. The van der Waals surface area contributed by atoms with Crippen molar-refractivity contribution in [2.45, 2.75) is 58.3 Å². The second-order valence-corrected chi connectivity index (χ2v) is 6.72. The third-order valence-corrected chi connectivity index (χ3v) is 5.05. The van der Waals surface area contributed by atoms with Crippen molar-refractivity contribution in [2.75, 3.05) is 7.11 Å². The van der Waals surface area contributed by atoms with E-state index in [2.05, 4.69) is 13.0 Å². The van der Waals surface area contributed by atoms with E-state index in [4.69, 9.17) is 9.47 Å². The van der Waals surface area contributed by atoms with Crippen molar-refractivity contribution in [1.29, 1.82) is 5.26 Å². The molecule has 0 radical (unpaired) electrons. The van der Waals surface area contributed by atoms with Crippen LogP contribution in [-0.2, 0) is 4.79 Å². The zero-order valence-electron chi connectivity index (χ0n) is 14.7. The maximum absolute atomic E-state index is 12.3. The first-order chi connectivity index (χ1) is 11.6. The molecule has 130 valence electrons. The number of ether oxygens (including phenoxy) is 2. The Morgan fingerprint density at radius 2 is 1.83 bits per heavy atom. The number of nitriles is 1. The second kappa shape index (κ2) is 8.73. The highest BCUT2D eigenvalue weighted by atomic mass is 16.5. The van der Waals surface area contributed by atoms with Gasteiger partial charge in [-0.05, 0) is 56.4 Å². The Hall–Kier alpha value is -2.02. The lowest BCUT2D eigenvalue weighted by Gasteiger charge is -2.34. The summed E-state index contributed by atoms with van der Waals surface area (Å²) < 4.78 is 10.6. The molecule has 4 heteroatoms. The van der Waals surface area contributed by atoms with Crippen molar-refractivity contribution in [3.05, 3.63) is 24.3 Å². The number of benzene rings is 1. The minimum Gasteiger partial charge on any atom is -0.497 e. The van der Waals surface area contributed by atoms with Gasteiger partial charge in [-0.3, -0.25) is 4.79 Å². The zero-order chi connectivity index (χ0) is 17.4. The third kappa shape index (κ3) is 4.74. The number of rotatable bonds is 7. The molecule has 24 heavy (non-hydrogen) atoms. The number of nitrogens with zero attached hydrogens (tertiary/aromatic N) is 1. The van der Waals surface area contributed by atoms with E-state index in [1.807, 2.05) is 0 Å². The molecule has 0 unspecified atom stereocenters. The molecule has 0 N–H and O–H groups in total. The van der Waals surface area contributed by atoms with Crippen LogP contribution in [0, 0.1) is 22.7 Å². The highest BCUT2D eigenvalue weighted by Crippen LogP contribution is 2.42. The molecule has 1 aliphatic rings. The van der Waals surface area contributed by atoms with Crippen molar-refractivity contribution in [3.8, 4) is 17.6 Å². The molecular weight excluding hydrogens is 302 g/mol. The van der Waals surface area contributed by atoms with E-state index in [1.54, 1.807) is 31.4 Å². The molecule has 1 aromatic carbocycles. The maximum Gasteiger partial charge on any atom is 0.314 e. The van der Waals surface area contributed by atoms with Crippen LogP contribution in [0.5, 0.6) is 11.5 Å². The Labute approximate surface area is 144 Å². The van der Waals surface area contributed by atoms with E-state index in [0.29, 0.717) is 5.75 Å². The van der Waals surface area contributed by atoms with Crippen LogP contribution in [0.1, 0.15) is 58.3 Å². The van der Waals surface area contributed by atoms with Gasteiger partial charge < -0.3 is 9.47 Å². The van der Waals surface area contributed by atoms with Gasteiger partial charge in [0.1, 0.15) is 11.5 Å². The van der Waals surface area contributed by atoms with Gasteiger partial charge in [0.15, 0.2) is 0 Å². The molecule has 2 rings (SSSR count). The van der Waals surface area contributed by atoms with E-state index in [-0.39, 0.29) is 17.3 Å². The van der Waals surface area contributed by atoms with Gasteiger partial charge in [-0.1, -0.05) is 26.2 Å². The van der Waals surface area contributed by atoms with Gasteiger partial charge in [0.25, 0.3) is 0 Å². The van der Waals surface area contributed by atoms with Crippen molar-refractivity contribution < 1.29 is 14.3 Å². The summed E-state index contributed by atoms with van der Waals surface area (Å²) in [5.41, 5.74) is -0.230. The molecule has 0 aliphatic heterocycles. The van der Waals surface area contributed by atoms with Crippen LogP contribution >= 0.6 is 0 Å². The Balaban J connectivity index is 1.86. The molecule has 0 heterocycles. The van der Waals surface area contributed by atoms with Crippen molar-refractivity contribution in [2.24, 2.45) is 11.3 Å². The van der Waals surface area contributed by atoms with Crippen LogP contribution in [0.25, 0.3) is 0 Å². The van der Waals surface area contributed by atoms with Gasteiger partial charge in [0.05, 0.1) is 24.5 Å². The molecule has 0 atom stereocenters. The molecular formula is C20H27NO3. The number of carbonyl (C=O) groups excluding carboxylic acids is 1. The second-order valence-electron chi connectivity index (χ2n) is 6.72. The number of hydrogen-bond acceptors (Lipinski definition) is 4. The summed E-state index contributed by atoms with van der Waals surface area (Å²) >= 11 is 0. The Kier molecular flexibility index (Phi) is 6.66. The van der Waals surface area contributed by atoms with E-state index in [9.17, 15) is 10.1 Å². The smallest absolute Gasteiger partial charge is 0.314 e. The molecule has 0 saturated heterocycles. The summed E-state index contributed by atoms with van der Waals surface area (Å²) in [7, 11) is 1.60. The van der Waals surface area contributed by atoms with Gasteiger partial charge in [-0.25, -0.2) is 0 Å². The average molecular weight is 329 g/mol. The molecule has 0 spiro atoms. The monoisotopic (exact) mass is 329 g/mol. The summed E-state index contributed by atoms with van der Waals surface area (Å²) in [6.07, 6.45) is 7.49. The molecule has 1 saturated carbocycles. The first-order valence-corrected chi connectivity index (χ1v) is 8.89. The Bertz CT molecular complexity index is 566. The summed E-state index contributed by atoms with van der Waals surface area (Å²) in [4.78, 5) is 12.3. The van der Waals surface area contributed by atoms with E-state index >= 15 is 0 Å². The Morgan fingerprint density at radius 3 is 2.38 bits per heavy atom. The highest BCUT2D eigenvalue weighted by molar-refractivity contribution is 5.75. The molecule has 1 aromatic rings. The molecule has 1 fully saturated rings. The minimum absolute atomic E-state index is 0.0975. The van der Waals surface area contributed by atoms with Gasteiger partial charge in [-0.15, -0.1) is 0 Å². The minimum atomic E-state index is -0.230. The fraction of sp³-hybridized carbons (Fsp3) is 0.600. The van der Waals surface area contributed by atoms with Gasteiger partial charge in [0.2, 0.25) is 0 Å². The first kappa shape index (κ1) is 18.3. The molecule has 0 amide bonds. The summed E-state index contributed by atoms with van der Waals surface area (Å²) in [6.45, 7) is 2.17. The van der Waals surface area contributed by atoms with Crippen molar-refractivity contribution >= 4 is 5.97 Å². The maximum atomic E-state index is 12.3. The van der Waals surface area contributed by atoms with Crippen LogP contribution in [0.2, 0.25) is 0 Å². The van der Waals surface area contributed by atoms with E-state index < -0.39 is 0 Å². The summed E-state index contributed by atoms with van der Waals surface area (Å²) in [5.74, 6) is 0.999. The average Bonchev–Trinajstić information content (AvgIpc) is 2.63. The predicted octanol–water partition coefficient (Wildman–Crippen LogP) is 4.88. The van der Waals surface area contributed by atoms with Crippen molar-refractivity contribution in [1.82, 2.24) is 0 Å². The van der Waals surface area contributed by atoms with Crippen molar-refractivity contribution in [3.63, 3.8) is 0 Å². The number of esters is 1. The lowest BCUT2D eigenvalue weighted by Crippen LogP contribution is -2.31. The van der Waals surface area contributed by atoms with Gasteiger partial charge in [-0.2, -0.15) is 5.26 Å². The molecule has 4 nitrogen and oxygen atoms in total. The number of unbranched alkanes of at least 4 members (excludes halogenated alkanes) is 2. The van der Waals surface area contributed by atoms with Crippen LogP contribution in [0.15, 0.2) is 24.3 Å². The fourth-order valence-corrected chi connectivity index (χ4v) is 3.38. The molecule has 1 aliphatic carbocycles. The standard InChI is InChI=1S/C20H27NO3/c1-3-4-5-12-20(15-21)13-10-16(11-14-20)19(22)24-18-8-6-17(23-2)7-9-18/h6-9,16H,3-5,10-14H2,1-2H3. The van der Waals surface area contributed by atoms with Crippen LogP contribution in [0.3, 0.4) is 0 Å². The largest absolute Gasteiger partial charge is 0.497 e. The van der Waals surface area contributed by atoms with Gasteiger partial charge in [0, 0.05) is 0 Å². The highest BCUT2D eigenvalue weighted by Gasteiger charge is 2.37. The third-order valence-electron chi connectivity index (χ3n) is 5.05. The SMILES string of the molecule is CCCCCC1(C#N)CCC(C(=O)Oc2ccc(OC)cc2)CC1.